The van der Waals surface area contributed by atoms with E-state index in [0.29, 0.717) is 55.1 Å². The van der Waals surface area contributed by atoms with E-state index in [4.69, 9.17) is 4.74 Å². The average Bonchev–Trinajstić information content (AvgIpc) is 3.33. The van der Waals surface area contributed by atoms with Crippen LogP contribution in [-0.4, -0.2) is 61.5 Å². The molecule has 0 bridgehead atoms. The summed E-state index contributed by atoms with van der Waals surface area (Å²) in [6, 6.07) is 17.3. The number of nitrogens with one attached hydrogen (secondary N) is 1. The maximum absolute atomic E-state index is 13.3. The smallest absolute Gasteiger partial charge is 0.253 e. The number of ether oxygens (including phenoxy) is 1. The van der Waals surface area contributed by atoms with Crippen molar-refractivity contribution in [1.29, 1.82) is 0 Å². The lowest BCUT2D eigenvalue weighted by atomic mass is 9.99. The van der Waals surface area contributed by atoms with E-state index in [-0.39, 0.29) is 11.7 Å². The number of aromatic nitrogens is 5. The number of piperidine rings is 1. The molecule has 2 aromatic carbocycles. The van der Waals surface area contributed by atoms with Crippen LogP contribution in [0.5, 0.6) is 5.75 Å². The van der Waals surface area contributed by atoms with Gasteiger partial charge in [0.2, 0.25) is 0 Å². The minimum atomic E-state index is -0.423. The van der Waals surface area contributed by atoms with Crippen LogP contribution in [0.25, 0.3) is 10.9 Å². The SMILES string of the molecule is COc1ccc2cc([C@H](c3nnnn3CCc3ccccc3)N3CCC(O)CC3)c(=O)[nH]c2c1. The van der Waals surface area contributed by atoms with Gasteiger partial charge in [-0.15, -0.1) is 5.10 Å². The molecule has 176 valence electrons. The number of aromatic amines is 1. The van der Waals surface area contributed by atoms with Crippen LogP contribution in [0.15, 0.2) is 59.4 Å². The standard InChI is InChI=1S/C25H28N6O3/c1-34-20-8-7-18-15-21(25(33)26-22(18)16-20)23(30-12-10-19(32)11-13-30)24-27-28-29-31(24)14-9-17-5-3-2-4-6-17/h2-8,15-16,19,23,32H,9-14H2,1H3,(H,26,33)/t23-/m1/s1. The summed E-state index contributed by atoms with van der Waals surface area (Å²) in [6.07, 6.45) is 1.74. The summed E-state index contributed by atoms with van der Waals surface area (Å²) >= 11 is 0. The molecule has 2 N–H and O–H groups in total. The molecule has 9 nitrogen and oxygen atoms in total. The molecule has 2 aromatic heterocycles. The van der Waals surface area contributed by atoms with E-state index in [0.717, 1.165) is 11.8 Å². The highest BCUT2D eigenvalue weighted by Gasteiger charge is 2.32. The summed E-state index contributed by atoms with van der Waals surface area (Å²) < 4.78 is 7.09. The predicted octanol–water partition coefficient (Wildman–Crippen LogP) is 2.31. The number of likely N-dealkylation sites (tertiary alicyclic amines) is 1. The summed E-state index contributed by atoms with van der Waals surface area (Å²) in [4.78, 5) is 18.5. The summed E-state index contributed by atoms with van der Waals surface area (Å²) in [7, 11) is 1.60. The third-order valence-corrected chi connectivity index (χ3v) is 6.50. The minimum Gasteiger partial charge on any atom is -0.497 e. The summed E-state index contributed by atoms with van der Waals surface area (Å²) in [5, 5.41) is 23.6. The highest BCUT2D eigenvalue weighted by molar-refractivity contribution is 5.80. The van der Waals surface area contributed by atoms with Gasteiger partial charge in [0.1, 0.15) is 11.8 Å². The van der Waals surface area contributed by atoms with Gasteiger partial charge >= 0.3 is 0 Å². The summed E-state index contributed by atoms with van der Waals surface area (Å²) in [5.41, 5.74) is 2.31. The first kappa shape index (κ1) is 22.2. The number of hydrogen-bond acceptors (Lipinski definition) is 7. The molecule has 0 unspecified atom stereocenters. The van der Waals surface area contributed by atoms with E-state index in [9.17, 15) is 9.90 Å². The fraction of sp³-hybridized carbons (Fsp3) is 0.360. The molecule has 0 radical (unpaired) electrons. The number of aliphatic hydroxyl groups excluding tert-OH is 1. The molecular weight excluding hydrogens is 432 g/mol. The van der Waals surface area contributed by atoms with Crippen LogP contribution in [0.4, 0.5) is 0 Å². The van der Waals surface area contributed by atoms with Crippen LogP contribution in [0.1, 0.15) is 35.8 Å². The first-order chi connectivity index (χ1) is 16.6. The predicted molar refractivity (Wildman–Crippen MR) is 128 cm³/mol. The van der Waals surface area contributed by atoms with Crippen molar-refractivity contribution < 1.29 is 9.84 Å². The third kappa shape index (κ3) is 4.57. The molecule has 3 heterocycles. The topological polar surface area (TPSA) is 109 Å². The van der Waals surface area contributed by atoms with Gasteiger partial charge in [-0.2, -0.15) is 0 Å². The molecule has 1 atom stereocenters. The van der Waals surface area contributed by atoms with Crippen molar-refractivity contribution in [1.82, 2.24) is 30.1 Å². The Morgan fingerprint density at radius 1 is 1.15 bits per heavy atom. The highest BCUT2D eigenvalue weighted by atomic mass is 16.5. The Morgan fingerprint density at radius 2 is 1.94 bits per heavy atom. The van der Waals surface area contributed by atoms with E-state index in [2.05, 4.69) is 37.5 Å². The normalized spacial score (nSPS) is 16.1. The minimum absolute atomic E-state index is 0.186. The lowest BCUT2D eigenvalue weighted by Crippen LogP contribution is -2.41. The van der Waals surface area contributed by atoms with Crippen molar-refractivity contribution in [3.8, 4) is 5.75 Å². The van der Waals surface area contributed by atoms with Gasteiger partial charge in [-0.3, -0.25) is 9.69 Å². The zero-order chi connectivity index (χ0) is 23.5. The number of nitrogens with zero attached hydrogens (tertiary/aromatic N) is 5. The second kappa shape index (κ2) is 9.74. The van der Waals surface area contributed by atoms with Gasteiger partial charge in [0.15, 0.2) is 5.82 Å². The molecule has 0 spiro atoms. The quantitative estimate of drug-likeness (QED) is 0.436. The van der Waals surface area contributed by atoms with E-state index in [1.54, 1.807) is 11.8 Å². The Bertz CT molecular complexity index is 1310. The number of aliphatic hydroxyl groups is 1. The monoisotopic (exact) mass is 460 g/mol. The van der Waals surface area contributed by atoms with Gasteiger partial charge < -0.3 is 14.8 Å². The van der Waals surface area contributed by atoms with Gasteiger partial charge in [-0.1, -0.05) is 30.3 Å². The van der Waals surface area contributed by atoms with Crippen molar-refractivity contribution in [3.63, 3.8) is 0 Å². The zero-order valence-corrected chi connectivity index (χ0v) is 19.1. The molecule has 5 rings (SSSR count). The van der Waals surface area contributed by atoms with Gasteiger partial charge in [0.25, 0.3) is 5.56 Å². The van der Waals surface area contributed by atoms with Crippen LogP contribution >= 0.6 is 0 Å². The van der Waals surface area contributed by atoms with E-state index in [1.165, 1.54) is 5.56 Å². The lowest BCUT2D eigenvalue weighted by molar-refractivity contribution is 0.0658. The Kier molecular flexibility index (Phi) is 6.37. The van der Waals surface area contributed by atoms with E-state index < -0.39 is 6.04 Å². The van der Waals surface area contributed by atoms with Crippen molar-refractivity contribution >= 4 is 10.9 Å². The molecule has 0 aliphatic carbocycles. The Morgan fingerprint density at radius 3 is 2.71 bits per heavy atom. The number of tetrazole rings is 1. The molecule has 4 aromatic rings. The van der Waals surface area contributed by atoms with Crippen LogP contribution in [0.3, 0.4) is 0 Å². The molecule has 0 amide bonds. The first-order valence-electron chi connectivity index (χ1n) is 11.6. The molecule has 1 aliphatic heterocycles. The van der Waals surface area contributed by atoms with Crippen molar-refractivity contribution in [2.24, 2.45) is 0 Å². The van der Waals surface area contributed by atoms with Gasteiger partial charge in [0.05, 0.1) is 18.7 Å². The number of methoxy groups -OCH3 is 1. The molecule has 0 saturated carbocycles. The fourth-order valence-corrected chi connectivity index (χ4v) is 4.62. The highest BCUT2D eigenvalue weighted by Crippen LogP contribution is 2.30. The second-order valence-electron chi connectivity index (χ2n) is 8.67. The number of fused-ring (bicyclic) bond motifs is 1. The van der Waals surface area contributed by atoms with Crippen molar-refractivity contribution in [2.45, 2.75) is 38.0 Å². The number of H-pyrrole nitrogens is 1. The molecular formula is C25H28N6O3. The summed E-state index contributed by atoms with van der Waals surface area (Å²) in [5.74, 6) is 1.31. The molecule has 1 fully saturated rings. The Hall–Kier alpha value is -3.56. The Labute approximate surface area is 197 Å². The number of pyridine rings is 1. The zero-order valence-electron chi connectivity index (χ0n) is 19.1. The largest absolute Gasteiger partial charge is 0.497 e. The maximum atomic E-state index is 13.3. The second-order valence-corrected chi connectivity index (χ2v) is 8.67. The lowest BCUT2D eigenvalue weighted by Gasteiger charge is -2.35. The van der Waals surface area contributed by atoms with Crippen molar-refractivity contribution in [3.05, 3.63) is 81.9 Å². The molecule has 9 heteroatoms. The van der Waals surface area contributed by atoms with Crippen molar-refractivity contribution in [2.75, 3.05) is 20.2 Å². The number of aryl methyl sites for hydroxylation is 2. The number of rotatable bonds is 7. The van der Waals surface area contributed by atoms with Gasteiger partial charge in [-0.25, -0.2) is 4.68 Å². The Balaban J connectivity index is 1.54. The van der Waals surface area contributed by atoms with E-state index >= 15 is 0 Å². The number of hydrogen-bond donors (Lipinski definition) is 2. The van der Waals surface area contributed by atoms with Gasteiger partial charge in [0, 0.05) is 31.3 Å². The average molecular weight is 461 g/mol. The first-order valence-corrected chi connectivity index (χ1v) is 11.6. The molecule has 1 aliphatic rings. The number of benzene rings is 2. The molecule has 34 heavy (non-hydrogen) atoms. The van der Waals surface area contributed by atoms with E-state index in [1.807, 2.05) is 42.5 Å². The third-order valence-electron chi connectivity index (χ3n) is 6.50. The van der Waals surface area contributed by atoms with Crippen LogP contribution < -0.4 is 10.3 Å². The van der Waals surface area contributed by atoms with Crippen LogP contribution in [0.2, 0.25) is 0 Å². The maximum Gasteiger partial charge on any atom is 0.253 e. The van der Waals surface area contributed by atoms with Gasteiger partial charge in [-0.05, 0) is 58.8 Å². The van der Waals surface area contributed by atoms with Crippen LogP contribution in [0, 0.1) is 0 Å². The fourth-order valence-electron chi connectivity index (χ4n) is 4.62. The van der Waals surface area contributed by atoms with Crippen LogP contribution in [-0.2, 0) is 13.0 Å². The summed E-state index contributed by atoms with van der Waals surface area (Å²) in [6.45, 7) is 1.90. The molecule has 1 saturated heterocycles.